The minimum Gasteiger partial charge on any atom is -0.359 e. The standard InChI is InChI=1S/C20H22N2O2S/c1-4-8-12-11-14-15-16(20(12,2)21(3)19(14)25)18(24)22(17(15)23)13-9-6-5-7-10-13/h5-7,9-11,14-16H,4,8H2,1-3H3/t14-,15-,16+,20+/m1/s1. The van der Waals surface area contributed by atoms with Crippen LogP contribution in [0.1, 0.15) is 26.7 Å². The van der Waals surface area contributed by atoms with Gasteiger partial charge in [0.1, 0.15) is 0 Å². The first-order valence-corrected chi connectivity index (χ1v) is 9.25. The van der Waals surface area contributed by atoms with Crippen LogP contribution in [0.3, 0.4) is 0 Å². The van der Waals surface area contributed by atoms with Crippen molar-refractivity contribution in [2.45, 2.75) is 32.2 Å². The summed E-state index contributed by atoms with van der Waals surface area (Å²) in [6.07, 6.45) is 4.11. The molecule has 3 heterocycles. The van der Waals surface area contributed by atoms with Crippen LogP contribution >= 0.6 is 12.2 Å². The lowest BCUT2D eigenvalue weighted by Gasteiger charge is -2.57. The number of hydrogen-bond acceptors (Lipinski definition) is 3. The summed E-state index contributed by atoms with van der Waals surface area (Å²) in [5, 5.41) is 0. The van der Waals surface area contributed by atoms with Gasteiger partial charge in [0.15, 0.2) is 0 Å². The lowest BCUT2D eigenvalue weighted by Crippen LogP contribution is -2.66. The van der Waals surface area contributed by atoms with E-state index in [4.69, 9.17) is 12.2 Å². The maximum Gasteiger partial charge on any atom is 0.240 e. The molecule has 5 rings (SSSR count). The van der Waals surface area contributed by atoms with Crippen LogP contribution < -0.4 is 4.90 Å². The molecule has 4 nitrogen and oxygen atoms in total. The van der Waals surface area contributed by atoms with Crippen molar-refractivity contribution >= 4 is 34.7 Å². The molecule has 3 aliphatic heterocycles. The van der Waals surface area contributed by atoms with Gasteiger partial charge in [0.2, 0.25) is 11.8 Å². The number of fused-ring (bicyclic) bond motifs is 1. The second-order valence-electron chi connectivity index (χ2n) is 7.36. The maximum absolute atomic E-state index is 13.4. The molecule has 0 N–H and O–H groups in total. The number of carbonyl (C=O) groups excluding carboxylic acids is 2. The number of likely N-dealkylation sites (N-methyl/N-ethyl adjacent to an activating group) is 1. The van der Waals surface area contributed by atoms with Crippen molar-refractivity contribution in [1.29, 1.82) is 0 Å². The molecular weight excluding hydrogens is 332 g/mol. The summed E-state index contributed by atoms with van der Waals surface area (Å²) < 4.78 is 0. The molecule has 0 aromatic heterocycles. The predicted octanol–water partition coefficient (Wildman–Crippen LogP) is 3.18. The van der Waals surface area contributed by atoms with Crippen molar-refractivity contribution < 1.29 is 9.59 Å². The Morgan fingerprint density at radius 1 is 1.16 bits per heavy atom. The average molecular weight is 354 g/mol. The number of piperidine rings is 1. The third kappa shape index (κ3) is 1.96. The molecule has 1 aliphatic carbocycles. The first-order valence-electron chi connectivity index (χ1n) is 8.84. The molecule has 1 aromatic carbocycles. The molecule has 130 valence electrons. The summed E-state index contributed by atoms with van der Waals surface area (Å²) in [6.45, 7) is 4.22. The van der Waals surface area contributed by atoms with Gasteiger partial charge in [-0.15, -0.1) is 0 Å². The molecule has 0 spiro atoms. The van der Waals surface area contributed by atoms with E-state index in [9.17, 15) is 9.59 Å². The highest BCUT2D eigenvalue weighted by molar-refractivity contribution is 7.80. The van der Waals surface area contributed by atoms with Crippen LogP contribution in [0.5, 0.6) is 0 Å². The Morgan fingerprint density at radius 2 is 1.84 bits per heavy atom. The molecule has 5 heteroatoms. The number of carbonyl (C=O) groups is 2. The van der Waals surface area contributed by atoms with Gasteiger partial charge in [0.05, 0.1) is 28.1 Å². The van der Waals surface area contributed by atoms with E-state index < -0.39 is 5.54 Å². The third-order valence-electron chi connectivity index (χ3n) is 6.22. The Hall–Kier alpha value is -2.01. The van der Waals surface area contributed by atoms with Crippen LogP contribution in [0.4, 0.5) is 5.69 Å². The van der Waals surface area contributed by atoms with Crippen LogP contribution in [0, 0.1) is 17.8 Å². The van der Waals surface area contributed by atoms with E-state index in [-0.39, 0.29) is 29.6 Å². The fourth-order valence-electron chi connectivity index (χ4n) is 4.87. The molecule has 0 saturated carbocycles. The van der Waals surface area contributed by atoms with Crippen LogP contribution in [0.15, 0.2) is 42.0 Å². The van der Waals surface area contributed by atoms with E-state index in [2.05, 4.69) is 24.8 Å². The summed E-state index contributed by atoms with van der Waals surface area (Å²) in [5.41, 5.74) is 1.39. The van der Waals surface area contributed by atoms with Gasteiger partial charge in [0.25, 0.3) is 0 Å². The Kier molecular flexibility index (Phi) is 3.62. The van der Waals surface area contributed by atoms with E-state index in [0.29, 0.717) is 5.69 Å². The van der Waals surface area contributed by atoms with Gasteiger partial charge in [-0.3, -0.25) is 9.59 Å². The Labute approximate surface area is 153 Å². The first kappa shape index (κ1) is 16.5. The lowest BCUT2D eigenvalue weighted by molar-refractivity contribution is -0.126. The monoisotopic (exact) mass is 354 g/mol. The van der Waals surface area contributed by atoms with E-state index >= 15 is 0 Å². The average Bonchev–Trinajstić information content (AvgIpc) is 2.88. The molecule has 0 unspecified atom stereocenters. The highest BCUT2D eigenvalue weighted by atomic mass is 32.1. The largest absolute Gasteiger partial charge is 0.359 e. The SMILES string of the molecule is CCCC1=C[C@H]2C(=S)N(C)[C@]1(C)[C@@H]1C(=O)N(c3ccccc3)C(=O)[C@@H]12. The summed E-state index contributed by atoms with van der Waals surface area (Å²) in [7, 11) is 1.97. The fraction of sp³-hybridized carbons (Fsp3) is 0.450. The smallest absolute Gasteiger partial charge is 0.240 e. The maximum atomic E-state index is 13.4. The van der Waals surface area contributed by atoms with Gasteiger partial charge in [-0.1, -0.05) is 49.8 Å². The van der Waals surface area contributed by atoms with Crippen molar-refractivity contribution in [3.05, 3.63) is 42.0 Å². The van der Waals surface area contributed by atoms with E-state index in [0.717, 1.165) is 17.8 Å². The lowest BCUT2D eigenvalue weighted by atomic mass is 9.59. The molecule has 2 fully saturated rings. The number of rotatable bonds is 3. The normalized spacial score (nSPS) is 33.8. The van der Waals surface area contributed by atoms with Crippen LogP contribution in [-0.4, -0.2) is 34.3 Å². The van der Waals surface area contributed by atoms with Crippen LogP contribution in [0.25, 0.3) is 0 Å². The zero-order chi connectivity index (χ0) is 17.9. The predicted molar refractivity (Wildman–Crippen MR) is 101 cm³/mol. The van der Waals surface area contributed by atoms with E-state index in [1.165, 1.54) is 10.5 Å². The van der Waals surface area contributed by atoms with E-state index in [1.54, 1.807) is 0 Å². The van der Waals surface area contributed by atoms with Crippen LogP contribution in [0.2, 0.25) is 0 Å². The fourth-order valence-corrected chi connectivity index (χ4v) is 5.28. The Bertz CT molecular complexity index is 803. The number of amides is 2. The second-order valence-corrected chi connectivity index (χ2v) is 7.78. The molecule has 4 atom stereocenters. The van der Waals surface area contributed by atoms with Crippen LogP contribution in [-0.2, 0) is 9.59 Å². The van der Waals surface area contributed by atoms with Gasteiger partial charge < -0.3 is 4.90 Å². The van der Waals surface area contributed by atoms with Gasteiger partial charge in [-0.25, -0.2) is 4.90 Å². The number of nitrogens with zero attached hydrogens (tertiary/aromatic N) is 2. The Balaban J connectivity index is 1.85. The summed E-state index contributed by atoms with van der Waals surface area (Å²) >= 11 is 5.66. The molecule has 1 aromatic rings. The van der Waals surface area contributed by atoms with Crippen molar-refractivity contribution in [2.24, 2.45) is 17.8 Å². The van der Waals surface area contributed by atoms with E-state index in [1.807, 2.05) is 37.4 Å². The number of anilines is 1. The van der Waals surface area contributed by atoms with Crippen molar-refractivity contribution in [2.75, 3.05) is 11.9 Å². The van der Waals surface area contributed by atoms with Gasteiger partial charge in [-0.2, -0.15) is 0 Å². The van der Waals surface area contributed by atoms with Crippen molar-refractivity contribution in [1.82, 2.24) is 4.90 Å². The molecule has 0 radical (unpaired) electrons. The topological polar surface area (TPSA) is 40.6 Å². The van der Waals surface area contributed by atoms with Crippen molar-refractivity contribution in [3.63, 3.8) is 0 Å². The zero-order valence-electron chi connectivity index (χ0n) is 14.7. The minimum atomic E-state index is -0.511. The Morgan fingerprint density at radius 3 is 2.48 bits per heavy atom. The number of imide groups is 1. The first-order chi connectivity index (χ1) is 11.9. The molecular formula is C20H22N2O2S. The number of para-hydroxylation sites is 1. The van der Waals surface area contributed by atoms with Crippen molar-refractivity contribution in [3.8, 4) is 0 Å². The highest BCUT2D eigenvalue weighted by Gasteiger charge is 2.66. The van der Waals surface area contributed by atoms with Gasteiger partial charge in [0, 0.05) is 13.0 Å². The number of benzene rings is 1. The zero-order valence-corrected chi connectivity index (χ0v) is 15.5. The quantitative estimate of drug-likeness (QED) is 0.475. The third-order valence-corrected chi connectivity index (χ3v) is 6.77. The molecule has 4 aliphatic rings. The second kappa shape index (κ2) is 5.49. The number of thiocarbonyl (C=S) groups is 1. The summed E-state index contributed by atoms with van der Waals surface area (Å²) in [5.74, 6) is -1.10. The van der Waals surface area contributed by atoms with Gasteiger partial charge in [-0.05, 0) is 31.1 Å². The van der Waals surface area contributed by atoms with Gasteiger partial charge >= 0.3 is 0 Å². The highest BCUT2D eigenvalue weighted by Crippen LogP contribution is 2.55. The number of hydrogen-bond donors (Lipinski definition) is 0. The summed E-state index contributed by atoms with van der Waals surface area (Å²) in [6, 6.07) is 9.23. The molecule has 2 amide bonds. The molecule has 25 heavy (non-hydrogen) atoms. The minimum absolute atomic E-state index is 0.0928. The molecule has 2 saturated heterocycles. The molecule has 2 bridgehead atoms. The summed E-state index contributed by atoms with van der Waals surface area (Å²) in [4.78, 5) is 30.8.